The molecule has 142 valence electrons. The summed E-state index contributed by atoms with van der Waals surface area (Å²) >= 11 is 0. The van der Waals surface area contributed by atoms with Crippen molar-refractivity contribution in [2.75, 3.05) is 6.54 Å². The van der Waals surface area contributed by atoms with Crippen molar-refractivity contribution < 1.29 is 9.90 Å². The Bertz CT molecular complexity index is 915. The van der Waals surface area contributed by atoms with Crippen molar-refractivity contribution in [1.82, 2.24) is 14.9 Å². The smallest absolute Gasteiger partial charge is 0.220 e. The Kier molecular flexibility index (Phi) is 6.24. The fourth-order valence-corrected chi connectivity index (χ4v) is 3.19. The summed E-state index contributed by atoms with van der Waals surface area (Å²) in [5.74, 6) is 0.938. The lowest BCUT2D eigenvalue weighted by Crippen LogP contribution is -2.27. The van der Waals surface area contributed by atoms with Crippen LogP contribution < -0.4 is 5.32 Å². The maximum absolute atomic E-state index is 11.9. The molecular formula is C22H27N3O2. The summed E-state index contributed by atoms with van der Waals surface area (Å²) in [4.78, 5) is 16.7. The number of nitrogens with zero attached hydrogens (tertiary/aromatic N) is 2. The Balaban J connectivity index is 1.75. The van der Waals surface area contributed by atoms with Gasteiger partial charge < -0.3 is 15.0 Å². The molecule has 1 atom stereocenters. The van der Waals surface area contributed by atoms with E-state index in [1.807, 2.05) is 18.2 Å². The van der Waals surface area contributed by atoms with Gasteiger partial charge in [-0.15, -0.1) is 0 Å². The summed E-state index contributed by atoms with van der Waals surface area (Å²) in [5, 5.41) is 12.2. The molecule has 3 aromatic rings. The monoisotopic (exact) mass is 365 g/mol. The lowest BCUT2D eigenvalue weighted by molar-refractivity contribution is -0.121. The first kappa shape index (κ1) is 19.1. The first-order valence-corrected chi connectivity index (χ1v) is 9.48. The van der Waals surface area contributed by atoms with Gasteiger partial charge in [0, 0.05) is 25.9 Å². The number of aromatic nitrogens is 2. The predicted octanol–water partition coefficient (Wildman–Crippen LogP) is 3.21. The molecule has 0 aliphatic rings. The first-order valence-electron chi connectivity index (χ1n) is 9.48. The second-order valence-corrected chi connectivity index (χ2v) is 7.02. The SMILES string of the molecule is Cc1ccccc1Cn1c(CCNC(=O)CCC(C)O)nc2ccccc21. The van der Waals surface area contributed by atoms with Crippen molar-refractivity contribution >= 4 is 16.9 Å². The van der Waals surface area contributed by atoms with Crippen molar-refractivity contribution in [3.05, 3.63) is 65.5 Å². The van der Waals surface area contributed by atoms with Gasteiger partial charge in [0.2, 0.25) is 5.91 Å². The zero-order valence-corrected chi connectivity index (χ0v) is 16.0. The number of rotatable bonds is 8. The number of aliphatic hydroxyl groups is 1. The minimum Gasteiger partial charge on any atom is -0.393 e. The molecule has 3 rings (SSSR count). The van der Waals surface area contributed by atoms with E-state index >= 15 is 0 Å². The molecule has 0 saturated carbocycles. The van der Waals surface area contributed by atoms with Gasteiger partial charge in [-0.1, -0.05) is 36.4 Å². The van der Waals surface area contributed by atoms with Crippen molar-refractivity contribution in [2.24, 2.45) is 0 Å². The van der Waals surface area contributed by atoms with Crippen molar-refractivity contribution in [1.29, 1.82) is 0 Å². The fourth-order valence-electron chi connectivity index (χ4n) is 3.19. The van der Waals surface area contributed by atoms with Crippen LogP contribution >= 0.6 is 0 Å². The van der Waals surface area contributed by atoms with Crippen LogP contribution in [0.2, 0.25) is 0 Å². The van der Waals surface area contributed by atoms with E-state index in [9.17, 15) is 9.90 Å². The highest BCUT2D eigenvalue weighted by molar-refractivity contribution is 5.77. The molecule has 0 aliphatic carbocycles. The number of imidazole rings is 1. The normalized spacial score (nSPS) is 12.3. The highest BCUT2D eigenvalue weighted by atomic mass is 16.3. The number of amides is 1. The number of hydrogen-bond donors (Lipinski definition) is 2. The van der Waals surface area contributed by atoms with Gasteiger partial charge in [-0.3, -0.25) is 4.79 Å². The molecule has 5 nitrogen and oxygen atoms in total. The molecule has 1 heterocycles. The van der Waals surface area contributed by atoms with E-state index in [0.717, 1.165) is 23.4 Å². The molecule has 1 unspecified atom stereocenters. The number of aliphatic hydroxyl groups excluding tert-OH is 1. The molecule has 1 aromatic heterocycles. The van der Waals surface area contributed by atoms with Gasteiger partial charge in [0.25, 0.3) is 0 Å². The largest absolute Gasteiger partial charge is 0.393 e. The topological polar surface area (TPSA) is 67.2 Å². The molecule has 0 saturated heterocycles. The molecule has 0 aliphatic heterocycles. The second-order valence-electron chi connectivity index (χ2n) is 7.02. The number of carbonyl (C=O) groups is 1. The van der Waals surface area contributed by atoms with Crippen LogP contribution in [0.1, 0.15) is 36.7 Å². The highest BCUT2D eigenvalue weighted by Crippen LogP contribution is 2.19. The first-order chi connectivity index (χ1) is 13.0. The van der Waals surface area contributed by atoms with Crippen molar-refractivity contribution in [2.45, 2.75) is 45.8 Å². The van der Waals surface area contributed by atoms with E-state index in [4.69, 9.17) is 4.98 Å². The molecule has 0 bridgehead atoms. The standard InChI is InChI=1S/C22H27N3O2/c1-16-7-3-4-8-18(16)15-25-20-10-6-5-9-19(20)24-21(25)13-14-23-22(27)12-11-17(2)26/h3-10,17,26H,11-15H2,1-2H3,(H,23,27). The van der Waals surface area contributed by atoms with Crippen LogP contribution in [0.15, 0.2) is 48.5 Å². The third kappa shape index (κ3) is 4.95. The predicted molar refractivity (Wildman–Crippen MR) is 108 cm³/mol. The zero-order valence-electron chi connectivity index (χ0n) is 16.0. The lowest BCUT2D eigenvalue weighted by atomic mass is 10.1. The number of carbonyl (C=O) groups excluding carboxylic acids is 1. The Labute approximate surface area is 160 Å². The summed E-state index contributed by atoms with van der Waals surface area (Å²) in [6.45, 7) is 5.12. The quantitative estimate of drug-likeness (QED) is 0.644. The van der Waals surface area contributed by atoms with Gasteiger partial charge >= 0.3 is 0 Å². The van der Waals surface area contributed by atoms with Gasteiger partial charge in [0.1, 0.15) is 5.82 Å². The maximum Gasteiger partial charge on any atom is 0.220 e. The third-order valence-corrected chi connectivity index (χ3v) is 4.78. The van der Waals surface area contributed by atoms with Crippen LogP contribution in [-0.2, 0) is 17.8 Å². The Morgan fingerprint density at radius 3 is 2.70 bits per heavy atom. The molecular weight excluding hydrogens is 338 g/mol. The van der Waals surface area contributed by atoms with E-state index in [2.05, 4.69) is 47.1 Å². The molecule has 5 heteroatoms. The van der Waals surface area contributed by atoms with Gasteiger partial charge in [-0.05, 0) is 43.5 Å². The Morgan fingerprint density at radius 1 is 1.19 bits per heavy atom. The van der Waals surface area contributed by atoms with Crippen LogP contribution in [0.25, 0.3) is 11.0 Å². The van der Waals surface area contributed by atoms with Crippen molar-refractivity contribution in [3.63, 3.8) is 0 Å². The van der Waals surface area contributed by atoms with Crippen LogP contribution in [0.4, 0.5) is 0 Å². The minimum atomic E-state index is -0.450. The van der Waals surface area contributed by atoms with Crippen LogP contribution in [-0.4, -0.2) is 33.2 Å². The molecule has 1 amide bonds. The van der Waals surface area contributed by atoms with Gasteiger partial charge in [-0.2, -0.15) is 0 Å². The average Bonchev–Trinajstić information content (AvgIpc) is 2.99. The van der Waals surface area contributed by atoms with E-state index in [0.29, 0.717) is 25.8 Å². The van der Waals surface area contributed by atoms with Gasteiger partial charge in [0.15, 0.2) is 0 Å². The number of benzene rings is 2. The van der Waals surface area contributed by atoms with Gasteiger partial charge in [0.05, 0.1) is 17.1 Å². The molecule has 0 fully saturated rings. The third-order valence-electron chi connectivity index (χ3n) is 4.78. The van der Waals surface area contributed by atoms with Crippen LogP contribution in [0.5, 0.6) is 0 Å². The molecule has 2 N–H and O–H groups in total. The number of aryl methyl sites for hydroxylation is 1. The van der Waals surface area contributed by atoms with E-state index in [1.54, 1.807) is 6.92 Å². The number of fused-ring (bicyclic) bond motifs is 1. The Hall–Kier alpha value is -2.66. The zero-order chi connectivity index (χ0) is 19.2. The highest BCUT2D eigenvalue weighted by Gasteiger charge is 2.12. The second kappa shape index (κ2) is 8.82. The average molecular weight is 365 g/mol. The summed E-state index contributed by atoms with van der Waals surface area (Å²) in [5.41, 5.74) is 4.60. The Morgan fingerprint density at radius 2 is 1.93 bits per heavy atom. The van der Waals surface area contributed by atoms with Crippen LogP contribution in [0.3, 0.4) is 0 Å². The molecule has 0 radical (unpaired) electrons. The van der Waals surface area contributed by atoms with Crippen LogP contribution in [0, 0.1) is 6.92 Å². The number of nitrogens with one attached hydrogen (secondary N) is 1. The summed E-state index contributed by atoms with van der Waals surface area (Å²) < 4.78 is 2.24. The van der Waals surface area contributed by atoms with E-state index < -0.39 is 6.10 Å². The molecule has 2 aromatic carbocycles. The number of hydrogen-bond acceptors (Lipinski definition) is 3. The maximum atomic E-state index is 11.9. The summed E-state index contributed by atoms with van der Waals surface area (Å²) in [6, 6.07) is 16.5. The molecule has 27 heavy (non-hydrogen) atoms. The van der Waals surface area contributed by atoms with E-state index in [1.165, 1.54) is 11.1 Å². The summed E-state index contributed by atoms with van der Waals surface area (Å²) in [7, 11) is 0. The summed E-state index contributed by atoms with van der Waals surface area (Å²) in [6.07, 6.45) is 1.05. The van der Waals surface area contributed by atoms with Crippen molar-refractivity contribution in [3.8, 4) is 0 Å². The number of para-hydroxylation sites is 2. The van der Waals surface area contributed by atoms with Gasteiger partial charge in [-0.25, -0.2) is 4.98 Å². The van der Waals surface area contributed by atoms with E-state index in [-0.39, 0.29) is 5.91 Å². The lowest BCUT2D eigenvalue weighted by Gasteiger charge is -2.12. The minimum absolute atomic E-state index is 0.0301. The fraction of sp³-hybridized carbons (Fsp3) is 0.364. The molecule has 0 spiro atoms.